The van der Waals surface area contributed by atoms with E-state index in [9.17, 15) is 9.59 Å². The Morgan fingerprint density at radius 1 is 1.29 bits per heavy atom. The van der Waals surface area contributed by atoms with Crippen molar-refractivity contribution in [2.24, 2.45) is 5.92 Å². The summed E-state index contributed by atoms with van der Waals surface area (Å²) in [6, 6.07) is 0.274. The van der Waals surface area contributed by atoms with Crippen LogP contribution >= 0.6 is 0 Å². The van der Waals surface area contributed by atoms with E-state index in [0.717, 1.165) is 25.8 Å². The van der Waals surface area contributed by atoms with E-state index in [4.69, 9.17) is 0 Å². The number of piperazine rings is 1. The zero-order valence-electron chi connectivity index (χ0n) is 9.95. The molecular formula is C13H18N2O2. The molecule has 4 heteroatoms. The highest BCUT2D eigenvalue weighted by Crippen LogP contribution is 2.33. The number of nitrogens with zero attached hydrogens (tertiary/aromatic N) is 1. The van der Waals surface area contributed by atoms with E-state index in [1.54, 1.807) is 0 Å². The Morgan fingerprint density at radius 2 is 2.06 bits per heavy atom. The summed E-state index contributed by atoms with van der Waals surface area (Å²) in [5.41, 5.74) is 0.588. The van der Waals surface area contributed by atoms with Crippen LogP contribution in [0.5, 0.6) is 0 Å². The topological polar surface area (TPSA) is 49.4 Å². The van der Waals surface area contributed by atoms with E-state index in [1.807, 2.05) is 10.8 Å². The molecule has 3 rings (SSSR count). The SMILES string of the molecule is O=C=C1N[C@@H]2C[C@H]1N(C(=O)C1CCCCC1)C2. The van der Waals surface area contributed by atoms with Crippen molar-refractivity contribution in [3.8, 4) is 0 Å². The van der Waals surface area contributed by atoms with Crippen molar-refractivity contribution in [3.05, 3.63) is 5.70 Å². The van der Waals surface area contributed by atoms with Crippen LogP contribution < -0.4 is 5.32 Å². The lowest BCUT2D eigenvalue weighted by molar-refractivity contribution is -0.137. The molecule has 0 aromatic heterocycles. The molecule has 0 spiro atoms. The predicted molar refractivity (Wildman–Crippen MR) is 62.8 cm³/mol. The summed E-state index contributed by atoms with van der Waals surface area (Å²) in [5.74, 6) is 2.42. The van der Waals surface area contributed by atoms with Crippen LogP contribution in [0.4, 0.5) is 0 Å². The van der Waals surface area contributed by atoms with Crippen molar-refractivity contribution in [2.45, 2.75) is 50.6 Å². The monoisotopic (exact) mass is 234 g/mol. The zero-order valence-corrected chi connectivity index (χ0v) is 9.95. The molecule has 4 nitrogen and oxygen atoms in total. The summed E-state index contributed by atoms with van der Waals surface area (Å²) in [6.07, 6.45) is 6.56. The third-order valence-corrected chi connectivity index (χ3v) is 4.34. The fourth-order valence-electron chi connectivity index (χ4n) is 3.46. The summed E-state index contributed by atoms with van der Waals surface area (Å²) >= 11 is 0. The van der Waals surface area contributed by atoms with Gasteiger partial charge in [0.2, 0.25) is 5.91 Å². The van der Waals surface area contributed by atoms with Crippen LogP contribution in [0.2, 0.25) is 0 Å². The molecule has 1 aliphatic carbocycles. The van der Waals surface area contributed by atoms with Crippen molar-refractivity contribution in [1.29, 1.82) is 0 Å². The summed E-state index contributed by atoms with van der Waals surface area (Å²) in [5, 5.41) is 3.13. The minimum absolute atomic E-state index is 0.00748. The Labute approximate surface area is 101 Å². The van der Waals surface area contributed by atoms with Gasteiger partial charge in [0.25, 0.3) is 0 Å². The van der Waals surface area contributed by atoms with Crippen molar-refractivity contribution in [2.75, 3.05) is 6.54 Å². The second-order valence-electron chi connectivity index (χ2n) is 5.43. The third kappa shape index (κ3) is 1.77. The molecule has 1 saturated carbocycles. The van der Waals surface area contributed by atoms with Crippen molar-refractivity contribution in [1.82, 2.24) is 10.2 Å². The van der Waals surface area contributed by atoms with Gasteiger partial charge in [-0.1, -0.05) is 19.3 Å². The summed E-state index contributed by atoms with van der Waals surface area (Å²) in [6.45, 7) is 0.769. The van der Waals surface area contributed by atoms with Gasteiger partial charge in [0.05, 0.1) is 6.04 Å². The smallest absolute Gasteiger partial charge is 0.226 e. The van der Waals surface area contributed by atoms with Gasteiger partial charge < -0.3 is 10.2 Å². The molecule has 2 atom stereocenters. The largest absolute Gasteiger partial charge is 0.373 e. The predicted octanol–water partition coefficient (Wildman–Crippen LogP) is 0.855. The van der Waals surface area contributed by atoms with E-state index < -0.39 is 0 Å². The number of carbonyl (C=O) groups excluding carboxylic acids is 2. The van der Waals surface area contributed by atoms with E-state index >= 15 is 0 Å². The lowest BCUT2D eigenvalue weighted by Crippen LogP contribution is -2.47. The Balaban J connectivity index is 1.72. The van der Waals surface area contributed by atoms with Gasteiger partial charge in [0.1, 0.15) is 11.6 Å². The molecular weight excluding hydrogens is 216 g/mol. The van der Waals surface area contributed by atoms with E-state index in [2.05, 4.69) is 5.32 Å². The molecule has 2 saturated heterocycles. The lowest BCUT2D eigenvalue weighted by atomic mass is 9.88. The average molecular weight is 234 g/mol. The minimum Gasteiger partial charge on any atom is -0.373 e. The normalized spacial score (nSPS) is 32.5. The quantitative estimate of drug-likeness (QED) is 0.684. The van der Waals surface area contributed by atoms with Gasteiger partial charge in [-0.2, -0.15) is 0 Å². The molecule has 17 heavy (non-hydrogen) atoms. The van der Waals surface area contributed by atoms with Crippen LogP contribution in [-0.4, -0.2) is 35.4 Å². The number of amides is 1. The first kappa shape index (κ1) is 10.8. The first-order valence-electron chi connectivity index (χ1n) is 6.61. The molecule has 3 fully saturated rings. The number of fused-ring (bicyclic) bond motifs is 2. The van der Waals surface area contributed by atoms with E-state index in [1.165, 1.54) is 19.3 Å². The van der Waals surface area contributed by atoms with E-state index in [0.29, 0.717) is 5.70 Å². The summed E-state index contributed by atoms with van der Waals surface area (Å²) in [4.78, 5) is 25.1. The van der Waals surface area contributed by atoms with Gasteiger partial charge in [-0.15, -0.1) is 0 Å². The lowest BCUT2D eigenvalue weighted by Gasteiger charge is -2.32. The fourth-order valence-corrected chi connectivity index (χ4v) is 3.46. The maximum atomic E-state index is 12.4. The maximum Gasteiger partial charge on any atom is 0.226 e. The van der Waals surface area contributed by atoms with Crippen LogP contribution in [0.3, 0.4) is 0 Å². The first-order valence-corrected chi connectivity index (χ1v) is 6.61. The molecule has 0 unspecified atom stereocenters. The number of likely N-dealkylation sites (tertiary alicyclic amines) is 1. The molecule has 3 aliphatic rings. The molecule has 1 N–H and O–H groups in total. The van der Waals surface area contributed by atoms with Crippen LogP contribution in [0, 0.1) is 5.92 Å². The number of hydrogen-bond acceptors (Lipinski definition) is 3. The van der Waals surface area contributed by atoms with Crippen LogP contribution in [0.15, 0.2) is 5.70 Å². The molecule has 2 heterocycles. The Hall–Kier alpha value is -1.28. The van der Waals surface area contributed by atoms with Gasteiger partial charge in [0, 0.05) is 18.5 Å². The van der Waals surface area contributed by atoms with Crippen LogP contribution in [0.25, 0.3) is 0 Å². The summed E-state index contributed by atoms with van der Waals surface area (Å²) < 4.78 is 0. The number of nitrogens with one attached hydrogen (secondary N) is 1. The number of carbonyl (C=O) groups is 1. The van der Waals surface area contributed by atoms with Crippen molar-refractivity contribution >= 4 is 11.8 Å². The summed E-state index contributed by atoms with van der Waals surface area (Å²) in [7, 11) is 0. The van der Waals surface area contributed by atoms with E-state index in [-0.39, 0.29) is 23.9 Å². The number of hydrogen-bond donors (Lipinski definition) is 1. The Morgan fingerprint density at radius 3 is 2.71 bits per heavy atom. The molecule has 92 valence electrons. The van der Waals surface area contributed by atoms with Crippen molar-refractivity contribution < 1.29 is 9.59 Å². The molecule has 0 aromatic rings. The fraction of sp³-hybridized carbons (Fsp3) is 0.769. The average Bonchev–Trinajstić information content (AvgIpc) is 2.98. The third-order valence-electron chi connectivity index (χ3n) is 4.34. The standard InChI is InChI=1S/C13H18N2O2/c16-8-11-12-6-10(14-11)7-15(12)13(17)9-4-2-1-3-5-9/h9-10,12,14H,1-7H2/t10-,12-/m1/s1. The zero-order chi connectivity index (χ0) is 11.8. The maximum absolute atomic E-state index is 12.4. The first-order chi connectivity index (χ1) is 8.29. The van der Waals surface area contributed by atoms with Crippen molar-refractivity contribution in [3.63, 3.8) is 0 Å². The number of rotatable bonds is 1. The van der Waals surface area contributed by atoms with Crippen LogP contribution in [-0.2, 0) is 9.59 Å². The molecule has 0 aromatic carbocycles. The van der Waals surface area contributed by atoms with Gasteiger partial charge in [-0.25, -0.2) is 4.79 Å². The molecule has 0 radical (unpaired) electrons. The highest BCUT2D eigenvalue weighted by Gasteiger charge is 2.45. The van der Waals surface area contributed by atoms with Crippen LogP contribution in [0.1, 0.15) is 38.5 Å². The molecule has 2 aliphatic heterocycles. The van der Waals surface area contributed by atoms with Gasteiger partial charge in [-0.05, 0) is 19.3 Å². The van der Waals surface area contributed by atoms with Gasteiger partial charge in [0.15, 0.2) is 0 Å². The molecule has 1 amide bonds. The minimum atomic E-state index is -0.00748. The second-order valence-corrected chi connectivity index (χ2v) is 5.43. The highest BCUT2D eigenvalue weighted by atomic mass is 16.2. The van der Waals surface area contributed by atoms with Gasteiger partial charge in [-0.3, -0.25) is 4.79 Å². The van der Waals surface area contributed by atoms with Gasteiger partial charge >= 0.3 is 0 Å². The Bertz CT molecular complexity index is 381. The highest BCUT2D eigenvalue weighted by molar-refractivity contribution is 5.81. The molecule has 2 bridgehead atoms. The second kappa shape index (κ2) is 4.19. The Kier molecular flexibility index (Phi) is 2.67.